The molecule has 1 saturated heterocycles. The monoisotopic (exact) mass is 425 g/mol. The molecule has 4 rings (SSSR count). The van der Waals surface area contributed by atoms with Crippen molar-refractivity contribution in [2.75, 3.05) is 13.1 Å². The molecule has 1 aliphatic carbocycles. The van der Waals surface area contributed by atoms with Crippen molar-refractivity contribution in [2.45, 2.75) is 50.6 Å². The number of likely N-dealkylation sites (tertiary alicyclic amines) is 1. The molecule has 0 radical (unpaired) electrons. The van der Waals surface area contributed by atoms with Crippen LogP contribution in [0.2, 0.25) is 0 Å². The summed E-state index contributed by atoms with van der Waals surface area (Å²) >= 11 is 0. The van der Waals surface area contributed by atoms with E-state index in [4.69, 9.17) is 0 Å². The maximum Gasteiger partial charge on any atom is 0.0392 e. The van der Waals surface area contributed by atoms with E-state index in [1.54, 1.807) is 11.8 Å². The highest BCUT2D eigenvalue weighted by atomic mass is 15.2. The Morgan fingerprint density at radius 1 is 1.06 bits per heavy atom. The minimum Gasteiger partial charge on any atom is -0.386 e. The van der Waals surface area contributed by atoms with Crippen LogP contribution in [0.1, 0.15) is 55.7 Å². The summed E-state index contributed by atoms with van der Waals surface area (Å²) < 4.78 is 0. The number of pyridine rings is 1. The topological polar surface area (TPSA) is 28.2 Å². The highest BCUT2D eigenvalue weighted by Crippen LogP contribution is 2.42. The molecule has 2 aliphatic rings. The van der Waals surface area contributed by atoms with Crippen LogP contribution < -0.4 is 5.32 Å². The molecule has 1 aromatic heterocycles. The lowest BCUT2D eigenvalue weighted by atomic mass is 9.98. The van der Waals surface area contributed by atoms with Crippen molar-refractivity contribution in [3.63, 3.8) is 0 Å². The van der Waals surface area contributed by atoms with Crippen molar-refractivity contribution in [1.29, 1.82) is 0 Å². The SMILES string of the molecule is C=C(/C=C/c1cccnc1)NCCCCCCN1C2CC=CC=C2CC1c1ccccc1. The fraction of sp³-hybridized carbons (Fsp3) is 0.345. The van der Waals surface area contributed by atoms with Crippen LogP contribution in [0.15, 0.2) is 97.0 Å². The van der Waals surface area contributed by atoms with Gasteiger partial charge in [0.15, 0.2) is 0 Å². The lowest BCUT2D eigenvalue weighted by Gasteiger charge is -2.30. The lowest BCUT2D eigenvalue weighted by molar-refractivity contribution is 0.196. The number of rotatable bonds is 11. The van der Waals surface area contributed by atoms with Crippen LogP contribution in [0.25, 0.3) is 6.08 Å². The first-order valence-electron chi connectivity index (χ1n) is 12.0. The maximum absolute atomic E-state index is 4.13. The van der Waals surface area contributed by atoms with Gasteiger partial charge in [-0.15, -0.1) is 0 Å². The van der Waals surface area contributed by atoms with Crippen LogP contribution in [-0.4, -0.2) is 29.0 Å². The third-order valence-corrected chi connectivity index (χ3v) is 6.50. The fourth-order valence-corrected chi connectivity index (χ4v) is 4.82. The summed E-state index contributed by atoms with van der Waals surface area (Å²) in [4.78, 5) is 6.89. The van der Waals surface area contributed by atoms with E-state index >= 15 is 0 Å². The molecule has 0 bridgehead atoms. The third kappa shape index (κ3) is 6.08. The Kier molecular flexibility index (Phi) is 8.11. The van der Waals surface area contributed by atoms with Gasteiger partial charge < -0.3 is 5.32 Å². The molecule has 0 amide bonds. The van der Waals surface area contributed by atoms with E-state index in [1.165, 1.54) is 44.2 Å². The summed E-state index contributed by atoms with van der Waals surface area (Å²) in [6.45, 7) is 6.26. The average Bonchev–Trinajstić information content (AvgIpc) is 3.22. The lowest BCUT2D eigenvalue weighted by Crippen LogP contribution is -2.33. The van der Waals surface area contributed by atoms with E-state index in [1.807, 2.05) is 30.5 Å². The molecule has 0 spiro atoms. The van der Waals surface area contributed by atoms with Crippen molar-refractivity contribution in [3.8, 4) is 0 Å². The Morgan fingerprint density at radius 3 is 2.78 bits per heavy atom. The van der Waals surface area contributed by atoms with E-state index in [0.29, 0.717) is 12.1 Å². The quantitative estimate of drug-likeness (QED) is 0.331. The van der Waals surface area contributed by atoms with Gasteiger partial charge in [-0.2, -0.15) is 0 Å². The van der Waals surface area contributed by atoms with Gasteiger partial charge in [-0.05, 0) is 55.5 Å². The number of hydrogen-bond donors (Lipinski definition) is 1. The fourth-order valence-electron chi connectivity index (χ4n) is 4.82. The van der Waals surface area contributed by atoms with Gasteiger partial charge in [0.25, 0.3) is 0 Å². The van der Waals surface area contributed by atoms with Crippen LogP contribution in [0, 0.1) is 0 Å². The molecule has 1 fully saturated rings. The molecule has 3 heteroatoms. The standard InChI is InChI=1S/C29H35N3/c1-24(17-18-25-12-11-19-30-23-25)31-20-9-2-3-10-21-32-28-16-8-7-15-27(28)22-29(32)26-13-5-4-6-14-26/h4-8,11-15,17-19,23,28-29,31H,1-3,9-10,16,20-22H2/b18-17+. The number of aromatic nitrogens is 1. The first kappa shape index (κ1) is 22.3. The van der Waals surface area contributed by atoms with Crippen molar-refractivity contribution < 1.29 is 0 Å². The molecule has 1 aromatic carbocycles. The van der Waals surface area contributed by atoms with Gasteiger partial charge in [-0.1, -0.05) is 85.7 Å². The molecule has 2 aromatic rings. The Balaban J connectivity index is 1.17. The smallest absolute Gasteiger partial charge is 0.0392 e. The third-order valence-electron chi connectivity index (χ3n) is 6.50. The maximum atomic E-state index is 4.13. The Morgan fingerprint density at radius 2 is 1.94 bits per heavy atom. The Bertz CT molecular complexity index is 943. The number of unbranched alkanes of at least 4 members (excludes halogenated alkanes) is 3. The highest BCUT2D eigenvalue weighted by molar-refractivity contribution is 5.50. The van der Waals surface area contributed by atoms with E-state index in [-0.39, 0.29) is 0 Å². The molecule has 166 valence electrons. The van der Waals surface area contributed by atoms with Crippen molar-refractivity contribution in [2.24, 2.45) is 0 Å². The Hall–Kier alpha value is -2.91. The van der Waals surface area contributed by atoms with Gasteiger partial charge in [0, 0.05) is 36.7 Å². The predicted octanol–water partition coefficient (Wildman–Crippen LogP) is 6.46. The Labute approximate surface area is 193 Å². The summed E-state index contributed by atoms with van der Waals surface area (Å²) in [7, 11) is 0. The zero-order valence-corrected chi connectivity index (χ0v) is 19.0. The molecule has 0 saturated carbocycles. The van der Waals surface area contributed by atoms with Gasteiger partial charge in [0.05, 0.1) is 0 Å². The number of hydrogen-bond acceptors (Lipinski definition) is 3. The van der Waals surface area contributed by atoms with Crippen LogP contribution in [0.4, 0.5) is 0 Å². The zero-order valence-electron chi connectivity index (χ0n) is 19.0. The molecule has 1 N–H and O–H groups in total. The largest absolute Gasteiger partial charge is 0.386 e. The van der Waals surface area contributed by atoms with Gasteiger partial charge in [0.2, 0.25) is 0 Å². The average molecular weight is 426 g/mol. The summed E-state index contributed by atoms with van der Waals surface area (Å²) in [5, 5.41) is 3.42. The van der Waals surface area contributed by atoms with Gasteiger partial charge in [0.1, 0.15) is 0 Å². The van der Waals surface area contributed by atoms with Gasteiger partial charge in [-0.3, -0.25) is 9.88 Å². The second-order valence-corrected chi connectivity index (χ2v) is 8.78. The number of fused-ring (bicyclic) bond motifs is 1. The molecular formula is C29H35N3. The molecule has 2 heterocycles. The summed E-state index contributed by atoms with van der Waals surface area (Å²) in [6.07, 6.45) is 22.0. The van der Waals surface area contributed by atoms with Crippen LogP contribution in [0.5, 0.6) is 0 Å². The molecular weight excluding hydrogens is 390 g/mol. The van der Waals surface area contributed by atoms with E-state index in [9.17, 15) is 0 Å². The van der Waals surface area contributed by atoms with Gasteiger partial charge in [-0.25, -0.2) is 0 Å². The predicted molar refractivity (Wildman–Crippen MR) is 135 cm³/mol. The summed E-state index contributed by atoms with van der Waals surface area (Å²) in [5.41, 5.74) is 5.13. The minimum atomic E-state index is 0.531. The number of benzene rings is 1. The first-order chi connectivity index (χ1) is 15.8. The minimum absolute atomic E-state index is 0.531. The molecule has 2 atom stereocenters. The number of nitrogens with zero attached hydrogens (tertiary/aromatic N) is 2. The highest BCUT2D eigenvalue weighted by Gasteiger charge is 2.37. The zero-order chi connectivity index (χ0) is 22.0. The molecule has 32 heavy (non-hydrogen) atoms. The molecule has 1 aliphatic heterocycles. The van der Waals surface area contributed by atoms with Crippen LogP contribution in [-0.2, 0) is 0 Å². The second kappa shape index (κ2) is 11.6. The number of nitrogens with one attached hydrogen (secondary N) is 1. The first-order valence-corrected chi connectivity index (χ1v) is 12.0. The summed E-state index contributed by atoms with van der Waals surface area (Å²) in [6, 6.07) is 16.2. The van der Waals surface area contributed by atoms with Crippen molar-refractivity contribution >= 4 is 6.08 Å². The normalized spacial score (nSPS) is 20.3. The number of allylic oxidation sites excluding steroid dienone is 3. The van der Waals surface area contributed by atoms with Gasteiger partial charge >= 0.3 is 0 Å². The molecule has 3 nitrogen and oxygen atoms in total. The summed E-state index contributed by atoms with van der Waals surface area (Å²) in [5.74, 6) is 0. The van der Waals surface area contributed by atoms with Crippen LogP contribution >= 0.6 is 0 Å². The van der Waals surface area contributed by atoms with Crippen molar-refractivity contribution in [3.05, 3.63) is 108 Å². The van der Waals surface area contributed by atoms with E-state index in [2.05, 4.69) is 70.3 Å². The van der Waals surface area contributed by atoms with Crippen LogP contribution in [0.3, 0.4) is 0 Å². The van der Waals surface area contributed by atoms with E-state index < -0.39 is 0 Å². The van der Waals surface area contributed by atoms with E-state index in [0.717, 1.165) is 24.2 Å². The van der Waals surface area contributed by atoms with Crippen molar-refractivity contribution in [1.82, 2.24) is 15.2 Å². The molecule has 2 unspecified atom stereocenters. The second-order valence-electron chi connectivity index (χ2n) is 8.78.